The topological polar surface area (TPSA) is 29.1 Å². The summed E-state index contributed by atoms with van der Waals surface area (Å²) in [6.07, 6.45) is 1.61. The molecule has 1 N–H and O–H groups in total. The average Bonchev–Trinajstić information content (AvgIpc) is 2.22. The minimum Gasteiger partial charge on any atom is -0.311 e. The van der Waals surface area contributed by atoms with Gasteiger partial charge in [0.1, 0.15) is 11.6 Å². The van der Waals surface area contributed by atoms with E-state index in [-0.39, 0.29) is 17.4 Å². The van der Waals surface area contributed by atoms with Gasteiger partial charge in [-0.25, -0.2) is 8.78 Å². The second-order valence-electron chi connectivity index (χ2n) is 3.64. The van der Waals surface area contributed by atoms with E-state index in [4.69, 9.17) is 0 Å². The van der Waals surface area contributed by atoms with Crippen LogP contribution in [-0.2, 0) is 17.3 Å². The van der Waals surface area contributed by atoms with Gasteiger partial charge in [-0.2, -0.15) is 0 Å². The van der Waals surface area contributed by atoms with Crippen molar-refractivity contribution < 1.29 is 13.0 Å². The van der Waals surface area contributed by atoms with Gasteiger partial charge in [0, 0.05) is 41.0 Å². The van der Waals surface area contributed by atoms with Crippen LogP contribution in [0.15, 0.2) is 18.2 Å². The van der Waals surface area contributed by atoms with Gasteiger partial charge in [0.05, 0.1) is 0 Å². The summed E-state index contributed by atoms with van der Waals surface area (Å²) in [5, 5.41) is 2.86. The number of hydrogen-bond donors (Lipinski definition) is 1. The van der Waals surface area contributed by atoms with Crippen molar-refractivity contribution in [2.75, 3.05) is 12.8 Å². The standard InChI is InChI=1S/C11H15F2NOS/c1-8(16(2)15)6-14-7-9-10(12)4-3-5-11(9)13/h3-5,8,14H,6-7H2,1-2H3. The van der Waals surface area contributed by atoms with Gasteiger partial charge in [-0.1, -0.05) is 6.07 Å². The first kappa shape index (κ1) is 13.3. The molecule has 0 amide bonds. The van der Waals surface area contributed by atoms with Crippen molar-refractivity contribution >= 4 is 10.8 Å². The van der Waals surface area contributed by atoms with Crippen LogP contribution in [0.2, 0.25) is 0 Å². The molecule has 0 heterocycles. The van der Waals surface area contributed by atoms with Gasteiger partial charge in [0.15, 0.2) is 0 Å². The molecule has 16 heavy (non-hydrogen) atoms. The van der Waals surface area contributed by atoms with E-state index in [0.717, 1.165) is 0 Å². The maximum Gasteiger partial charge on any atom is 0.130 e. The summed E-state index contributed by atoms with van der Waals surface area (Å²) < 4.78 is 37.4. The first-order valence-electron chi connectivity index (χ1n) is 4.98. The van der Waals surface area contributed by atoms with Crippen LogP contribution in [-0.4, -0.2) is 22.3 Å². The fourth-order valence-corrected chi connectivity index (χ4v) is 1.57. The SMILES string of the molecule is CC(CNCc1c(F)cccc1F)S(C)=O. The zero-order valence-electron chi connectivity index (χ0n) is 9.30. The molecule has 1 aromatic carbocycles. The molecule has 5 heteroatoms. The number of rotatable bonds is 5. The first-order valence-corrected chi connectivity index (χ1v) is 6.60. The van der Waals surface area contributed by atoms with E-state index in [1.165, 1.54) is 18.2 Å². The Labute approximate surface area is 96.5 Å². The lowest BCUT2D eigenvalue weighted by Crippen LogP contribution is -2.27. The molecule has 2 unspecified atom stereocenters. The molecule has 0 aromatic heterocycles. The third-order valence-electron chi connectivity index (χ3n) is 2.36. The molecule has 0 aliphatic heterocycles. The Morgan fingerprint density at radius 2 is 1.94 bits per heavy atom. The van der Waals surface area contributed by atoms with Crippen LogP contribution < -0.4 is 5.32 Å². The second kappa shape index (κ2) is 6.06. The molecule has 0 fully saturated rings. The Morgan fingerprint density at radius 1 is 1.38 bits per heavy atom. The maximum absolute atomic E-state index is 13.2. The van der Waals surface area contributed by atoms with Crippen molar-refractivity contribution in [1.29, 1.82) is 0 Å². The van der Waals surface area contributed by atoms with Gasteiger partial charge in [-0.15, -0.1) is 0 Å². The van der Waals surface area contributed by atoms with E-state index in [1.807, 2.05) is 6.92 Å². The smallest absolute Gasteiger partial charge is 0.130 e. The van der Waals surface area contributed by atoms with E-state index in [1.54, 1.807) is 6.26 Å². The molecule has 1 aromatic rings. The molecule has 0 bridgehead atoms. The van der Waals surface area contributed by atoms with Gasteiger partial charge in [-0.3, -0.25) is 4.21 Å². The minimum absolute atomic E-state index is 0.0246. The minimum atomic E-state index is -0.929. The summed E-state index contributed by atoms with van der Waals surface area (Å²) in [4.78, 5) is 0. The fraction of sp³-hybridized carbons (Fsp3) is 0.455. The number of benzene rings is 1. The summed E-state index contributed by atoms with van der Waals surface area (Å²) in [6, 6.07) is 3.78. The fourth-order valence-electron chi connectivity index (χ4n) is 1.22. The zero-order chi connectivity index (χ0) is 12.1. The Hall–Kier alpha value is -0.810. The molecule has 90 valence electrons. The molecule has 0 spiro atoms. The molecule has 0 aliphatic rings. The normalized spacial score (nSPS) is 14.8. The Bertz CT molecular complexity index is 364. The monoisotopic (exact) mass is 247 g/mol. The molecule has 0 saturated carbocycles. The van der Waals surface area contributed by atoms with Crippen LogP contribution in [0, 0.1) is 11.6 Å². The van der Waals surface area contributed by atoms with Gasteiger partial charge in [0.2, 0.25) is 0 Å². The quantitative estimate of drug-likeness (QED) is 0.860. The largest absolute Gasteiger partial charge is 0.311 e. The molecular formula is C11H15F2NOS. The van der Waals surface area contributed by atoms with Crippen LogP contribution in [0.4, 0.5) is 8.78 Å². The van der Waals surface area contributed by atoms with Crippen molar-refractivity contribution in [3.63, 3.8) is 0 Å². The molecular weight excluding hydrogens is 232 g/mol. The zero-order valence-corrected chi connectivity index (χ0v) is 10.1. The molecule has 2 nitrogen and oxygen atoms in total. The van der Waals surface area contributed by atoms with Gasteiger partial charge in [0.25, 0.3) is 0 Å². The summed E-state index contributed by atoms with van der Waals surface area (Å²) >= 11 is 0. The van der Waals surface area contributed by atoms with Crippen LogP contribution in [0.3, 0.4) is 0 Å². The highest BCUT2D eigenvalue weighted by Crippen LogP contribution is 2.11. The van der Waals surface area contributed by atoms with Crippen molar-refractivity contribution in [3.8, 4) is 0 Å². The van der Waals surface area contributed by atoms with Gasteiger partial charge in [-0.05, 0) is 19.1 Å². The Balaban J connectivity index is 2.52. The summed E-state index contributed by atoms with van der Waals surface area (Å²) in [6.45, 7) is 2.40. The third-order valence-corrected chi connectivity index (χ3v) is 3.66. The van der Waals surface area contributed by atoms with Crippen LogP contribution in [0.5, 0.6) is 0 Å². The van der Waals surface area contributed by atoms with Crippen LogP contribution in [0.1, 0.15) is 12.5 Å². The molecule has 1 rings (SSSR count). The highest BCUT2D eigenvalue weighted by atomic mass is 32.2. The third kappa shape index (κ3) is 3.64. The maximum atomic E-state index is 13.2. The highest BCUT2D eigenvalue weighted by Gasteiger charge is 2.09. The van der Waals surface area contributed by atoms with E-state index >= 15 is 0 Å². The molecule has 0 radical (unpaired) electrons. The lowest BCUT2D eigenvalue weighted by molar-refractivity contribution is 0.535. The predicted octanol–water partition coefficient (Wildman–Crippen LogP) is 1.82. The Morgan fingerprint density at radius 3 is 2.44 bits per heavy atom. The first-order chi connectivity index (χ1) is 7.52. The second-order valence-corrected chi connectivity index (χ2v) is 5.44. The number of nitrogens with one attached hydrogen (secondary N) is 1. The van der Waals surface area contributed by atoms with Crippen molar-refractivity contribution in [2.24, 2.45) is 0 Å². The summed E-state index contributed by atoms with van der Waals surface area (Å²) in [5.74, 6) is -1.12. The van der Waals surface area contributed by atoms with Crippen molar-refractivity contribution in [3.05, 3.63) is 35.4 Å². The lowest BCUT2D eigenvalue weighted by atomic mass is 10.2. The number of halogens is 2. The predicted molar refractivity (Wildman–Crippen MR) is 61.6 cm³/mol. The van der Waals surface area contributed by atoms with E-state index < -0.39 is 22.4 Å². The van der Waals surface area contributed by atoms with Crippen molar-refractivity contribution in [1.82, 2.24) is 5.32 Å². The average molecular weight is 247 g/mol. The molecule has 0 saturated heterocycles. The van der Waals surface area contributed by atoms with E-state index in [9.17, 15) is 13.0 Å². The van der Waals surface area contributed by atoms with E-state index in [2.05, 4.69) is 5.32 Å². The molecule has 0 aliphatic carbocycles. The Kier molecular flexibility index (Phi) is 5.02. The van der Waals surface area contributed by atoms with Gasteiger partial charge < -0.3 is 5.32 Å². The van der Waals surface area contributed by atoms with Gasteiger partial charge >= 0.3 is 0 Å². The van der Waals surface area contributed by atoms with Crippen LogP contribution in [0.25, 0.3) is 0 Å². The molecule has 2 atom stereocenters. The lowest BCUT2D eigenvalue weighted by Gasteiger charge is -2.10. The highest BCUT2D eigenvalue weighted by molar-refractivity contribution is 7.84. The summed E-state index contributed by atoms with van der Waals surface area (Å²) in [5.41, 5.74) is 0.0246. The van der Waals surface area contributed by atoms with E-state index in [0.29, 0.717) is 6.54 Å². The number of hydrogen-bond acceptors (Lipinski definition) is 2. The van der Waals surface area contributed by atoms with Crippen LogP contribution >= 0.6 is 0 Å². The van der Waals surface area contributed by atoms with Crippen molar-refractivity contribution in [2.45, 2.75) is 18.7 Å². The summed E-state index contributed by atoms with van der Waals surface area (Å²) in [7, 11) is -0.929.